The molecule has 1 amide bonds. The first-order chi connectivity index (χ1) is 9.97. The van der Waals surface area contributed by atoms with Crippen LogP contribution in [0, 0.1) is 0 Å². The van der Waals surface area contributed by atoms with E-state index in [1.54, 1.807) is 18.3 Å². The molecule has 9 heteroatoms. The zero-order chi connectivity index (χ0) is 15.5. The third-order valence-corrected chi connectivity index (χ3v) is 4.63. The highest BCUT2D eigenvalue weighted by Crippen LogP contribution is 2.17. The molecule has 2 rings (SSSR count). The van der Waals surface area contributed by atoms with Crippen LogP contribution in [0.5, 0.6) is 0 Å². The summed E-state index contributed by atoms with van der Waals surface area (Å²) in [4.78, 5) is 15.4. The Balaban J connectivity index is 2.35. The van der Waals surface area contributed by atoms with E-state index < -0.39 is 22.0 Å². The van der Waals surface area contributed by atoms with Gasteiger partial charge in [-0.3, -0.25) is 15.0 Å². The van der Waals surface area contributed by atoms with Gasteiger partial charge in [-0.25, -0.2) is 13.9 Å². The Hall–Kier alpha value is -1.68. The molecule has 1 atom stereocenters. The van der Waals surface area contributed by atoms with Gasteiger partial charge in [0.2, 0.25) is 10.0 Å². The normalized spacial score (nSPS) is 13.0. The maximum atomic E-state index is 12.2. The van der Waals surface area contributed by atoms with Crippen LogP contribution >= 0.6 is 12.6 Å². The lowest BCUT2D eigenvalue weighted by Gasteiger charge is -2.14. The van der Waals surface area contributed by atoms with Gasteiger partial charge in [-0.15, -0.1) is 0 Å². The second-order valence-electron chi connectivity index (χ2n) is 4.19. The Kier molecular flexibility index (Phi) is 4.78. The molecule has 0 unspecified atom stereocenters. The largest absolute Gasteiger partial charge is 0.289 e. The summed E-state index contributed by atoms with van der Waals surface area (Å²) in [6.07, 6.45) is 1.56. The number of nitrogens with zero attached hydrogens (tertiary/aromatic N) is 1. The molecule has 0 fully saturated rings. The highest BCUT2D eigenvalue weighted by molar-refractivity contribution is 7.89. The number of pyridine rings is 1. The lowest BCUT2D eigenvalue weighted by molar-refractivity contribution is -0.130. The lowest BCUT2D eigenvalue weighted by atomic mass is 10.2. The lowest BCUT2D eigenvalue weighted by Crippen LogP contribution is -2.46. The van der Waals surface area contributed by atoms with Crippen LogP contribution in [0.1, 0.15) is 0 Å². The average molecular weight is 327 g/mol. The van der Waals surface area contributed by atoms with Crippen LogP contribution in [-0.2, 0) is 14.8 Å². The SMILES string of the molecule is O=C(NO)[C@H](CS)NS(=O)(=O)c1ccc2cccnc2c1. The Bertz CT molecular complexity index is 764. The predicted octanol–water partition coefficient (Wildman–Crippen LogP) is 0.317. The van der Waals surface area contributed by atoms with Crippen molar-refractivity contribution >= 4 is 39.5 Å². The van der Waals surface area contributed by atoms with Crippen molar-refractivity contribution in [1.82, 2.24) is 15.2 Å². The second-order valence-corrected chi connectivity index (χ2v) is 6.27. The summed E-state index contributed by atoms with van der Waals surface area (Å²) in [5, 5.41) is 9.37. The van der Waals surface area contributed by atoms with Crippen molar-refractivity contribution in [2.45, 2.75) is 10.9 Å². The van der Waals surface area contributed by atoms with Gasteiger partial charge in [0.1, 0.15) is 6.04 Å². The minimum Gasteiger partial charge on any atom is -0.289 e. The summed E-state index contributed by atoms with van der Waals surface area (Å²) in [6, 6.07) is 6.82. The molecule has 0 radical (unpaired) electrons. The van der Waals surface area contributed by atoms with Crippen LogP contribution in [0.3, 0.4) is 0 Å². The molecule has 112 valence electrons. The van der Waals surface area contributed by atoms with E-state index >= 15 is 0 Å². The summed E-state index contributed by atoms with van der Waals surface area (Å²) in [5.74, 6) is -0.982. The number of nitrogens with one attached hydrogen (secondary N) is 2. The maximum Gasteiger partial charge on any atom is 0.262 e. The molecule has 1 aromatic heterocycles. The van der Waals surface area contributed by atoms with Crippen LogP contribution in [0.2, 0.25) is 0 Å². The maximum absolute atomic E-state index is 12.2. The van der Waals surface area contributed by atoms with Gasteiger partial charge in [0.15, 0.2) is 0 Å². The van der Waals surface area contributed by atoms with E-state index in [1.807, 2.05) is 6.07 Å². The number of fused-ring (bicyclic) bond motifs is 1. The number of hydroxylamine groups is 1. The summed E-state index contributed by atoms with van der Waals surface area (Å²) in [6.45, 7) is 0. The van der Waals surface area contributed by atoms with Gasteiger partial charge in [0.25, 0.3) is 5.91 Å². The fraction of sp³-hybridized carbons (Fsp3) is 0.167. The molecule has 1 heterocycles. The molecule has 0 saturated heterocycles. The summed E-state index contributed by atoms with van der Waals surface area (Å²) in [5.41, 5.74) is 1.92. The van der Waals surface area contributed by atoms with Gasteiger partial charge in [0.05, 0.1) is 10.4 Å². The van der Waals surface area contributed by atoms with E-state index in [0.29, 0.717) is 5.52 Å². The Morgan fingerprint density at radius 3 is 2.81 bits per heavy atom. The zero-order valence-corrected chi connectivity index (χ0v) is 12.4. The summed E-state index contributed by atoms with van der Waals surface area (Å²) >= 11 is 3.88. The number of benzene rings is 1. The van der Waals surface area contributed by atoms with Crippen molar-refractivity contribution in [3.63, 3.8) is 0 Å². The van der Waals surface area contributed by atoms with E-state index in [9.17, 15) is 13.2 Å². The van der Waals surface area contributed by atoms with E-state index in [-0.39, 0.29) is 10.6 Å². The number of hydrogen-bond acceptors (Lipinski definition) is 6. The molecule has 1 aromatic carbocycles. The van der Waals surface area contributed by atoms with Crippen molar-refractivity contribution in [1.29, 1.82) is 0 Å². The number of amides is 1. The highest BCUT2D eigenvalue weighted by Gasteiger charge is 2.24. The van der Waals surface area contributed by atoms with Crippen molar-refractivity contribution in [3.8, 4) is 0 Å². The van der Waals surface area contributed by atoms with Gasteiger partial charge < -0.3 is 0 Å². The fourth-order valence-electron chi connectivity index (χ4n) is 1.72. The van der Waals surface area contributed by atoms with Crippen LogP contribution in [0.25, 0.3) is 10.9 Å². The molecule has 2 aromatic rings. The van der Waals surface area contributed by atoms with Crippen LogP contribution < -0.4 is 10.2 Å². The van der Waals surface area contributed by atoms with Gasteiger partial charge in [-0.1, -0.05) is 12.1 Å². The van der Waals surface area contributed by atoms with Gasteiger partial charge in [0, 0.05) is 17.3 Å². The van der Waals surface area contributed by atoms with Crippen LogP contribution in [-0.4, -0.2) is 36.3 Å². The molecule has 0 aliphatic rings. The molecule has 3 N–H and O–H groups in total. The summed E-state index contributed by atoms with van der Waals surface area (Å²) < 4.78 is 26.6. The van der Waals surface area contributed by atoms with E-state index in [4.69, 9.17) is 5.21 Å². The number of aromatic nitrogens is 1. The third-order valence-electron chi connectivity index (χ3n) is 2.79. The number of sulfonamides is 1. The number of rotatable bonds is 5. The minimum atomic E-state index is -3.93. The Morgan fingerprint density at radius 2 is 2.14 bits per heavy atom. The van der Waals surface area contributed by atoms with Crippen molar-refractivity contribution < 1.29 is 18.4 Å². The number of hydrogen-bond donors (Lipinski definition) is 4. The first kappa shape index (κ1) is 15.7. The molecule has 0 spiro atoms. The number of carbonyl (C=O) groups is 1. The first-order valence-electron chi connectivity index (χ1n) is 5.90. The molecule has 0 aliphatic heterocycles. The highest BCUT2D eigenvalue weighted by atomic mass is 32.2. The third kappa shape index (κ3) is 3.50. The van der Waals surface area contributed by atoms with Gasteiger partial charge in [-0.2, -0.15) is 17.4 Å². The quantitative estimate of drug-likeness (QED) is 0.359. The molecule has 21 heavy (non-hydrogen) atoms. The van der Waals surface area contributed by atoms with Crippen LogP contribution in [0.15, 0.2) is 41.4 Å². The minimum absolute atomic E-state index is 0.0220. The van der Waals surface area contributed by atoms with Crippen molar-refractivity contribution in [2.75, 3.05) is 5.75 Å². The molecule has 7 nitrogen and oxygen atoms in total. The van der Waals surface area contributed by atoms with Gasteiger partial charge >= 0.3 is 0 Å². The predicted molar refractivity (Wildman–Crippen MR) is 79.6 cm³/mol. The van der Waals surface area contributed by atoms with Gasteiger partial charge in [-0.05, 0) is 18.2 Å². The molecule has 0 bridgehead atoms. The number of carbonyl (C=O) groups excluding carboxylic acids is 1. The summed E-state index contributed by atoms with van der Waals surface area (Å²) in [7, 11) is -3.93. The molecule has 0 aliphatic carbocycles. The number of thiol groups is 1. The van der Waals surface area contributed by atoms with Crippen LogP contribution in [0.4, 0.5) is 0 Å². The monoisotopic (exact) mass is 327 g/mol. The zero-order valence-electron chi connectivity index (χ0n) is 10.7. The molecular formula is C12H13N3O4S2. The Morgan fingerprint density at radius 1 is 1.38 bits per heavy atom. The first-order valence-corrected chi connectivity index (χ1v) is 8.01. The smallest absolute Gasteiger partial charge is 0.262 e. The standard InChI is InChI=1S/C12H13N3O4S2/c16-12(14-17)11(7-20)15-21(18,19)9-4-3-8-2-1-5-13-10(8)6-9/h1-6,11,15,17,20H,7H2,(H,14,16)/t11-/m0/s1. The van der Waals surface area contributed by atoms with E-state index in [0.717, 1.165) is 5.39 Å². The van der Waals surface area contributed by atoms with E-state index in [2.05, 4.69) is 22.3 Å². The molecular weight excluding hydrogens is 314 g/mol. The van der Waals surface area contributed by atoms with Crippen molar-refractivity contribution in [3.05, 3.63) is 36.5 Å². The topological polar surface area (TPSA) is 108 Å². The molecule has 0 saturated carbocycles. The van der Waals surface area contributed by atoms with E-state index in [1.165, 1.54) is 17.6 Å². The fourth-order valence-corrected chi connectivity index (χ4v) is 3.32. The van der Waals surface area contributed by atoms with Crippen molar-refractivity contribution in [2.24, 2.45) is 0 Å². The average Bonchev–Trinajstić information content (AvgIpc) is 2.51. The second kappa shape index (κ2) is 6.39. The Labute approximate surface area is 126 Å².